The molecule has 0 aliphatic carbocycles. The molecule has 1 N–H and O–H groups in total. The first-order valence-electron chi connectivity index (χ1n) is 6.34. The minimum absolute atomic E-state index is 0. The number of nitrogens with zero attached hydrogens (tertiary/aromatic N) is 1. The molecule has 1 atom stereocenters. The summed E-state index contributed by atoms with van der Waals surface area (Å²) in [5.74, 6) is -5.27. The highest BCUT2D eigenvalue weighted by atomic mass is 35.5. The summed E-state index contributed by atoms with van der Waals surface area (Å²) in [5.41, 5.74) is -0.498. The van der Waals surface area contributed by atoms with E-state index in [0.29, 0.717) is 32.6 Å². The van der Waals surface area contributed by atoms with Gasteiger partial charge in [-0.15, -0.1) is 24.8 Å². The fourth-order valence-corrected chi connectivity index (χ4v) is 2.52. The molecule has 0 unspecified atom stereocenters. The van der Waals surface area contributed by atoms with Gasteiger partial charge in [-0.2, -0.15) is 0 Å². The molecule has 0 saturated carbocycles. The van der Waals surface area contributed by atoms with E-state index in [4.69, 9.17) is 0 Å². The van der Waals surface area contributed by atoms with E-state index >= 15 is 0 Å². The summed E-state index contributed by atoms with van der Waals surface area (Å²) in [6.45, 7) is 4.31. The molecule has 21 heavy (non-hydrogen) atoms. The van der Waals surface area contributed by atoms with E-state index in [-0.39, 0.29) is 30.9 Å². The van der Waals surface area contributed by atoms with Crippen LogP contribution in [0.5, 0.6) is 0 Å². The Morgan fingerprint density at radius 1 is 1.05 bits per heavy atom. The smallest absolute Gasteiger partial charge is 0.166 e. The van der Waals surface area contributed by atoms with E-state index in [1.54, 1.807) is 6.92 Å². The lowest BCUT2D eigenvalue weighted by atomic mass is 10.00. The van der Waals surface area contributed by atoms with Crippen molar-refractivity contribution in [3.63, 3.8) is 0 Å². The lowest BCUT2D eigenvalue weighted by molar-refractivity contribution is 0.161. The van der Waals surface area contributed by atoms with Crippen LogP contribution in [-0.4, -0.2) is 31.1 Å². The summed E-state index contributed by atoms with van der Waals surface area (Å²) in [4.78, 5) is 1.84. The zero-order valence-electron chi connectivity index (χ0n) is 11.5. The van der Waals surface area contributed by atoms with Crippen molar-refractivity contribution in [1.82, 2.24) is 10.2 Å². The third kappa shape index (κ3) is 4.22. The van der Waals surface area contributed by atoms with Gasteiger partial charge in [0, 0.05) is 43.9 Å². The third-order valence-corrected chi connectivity index (χ3v) is 3.46. The molecular weight excluding hydrogens is 331 g/mol. The van der Waals surface area contributed by atoms with Crippen LogP contribution >= 0.6 is 24.8 Å². The Bertz CT molecular complexity index is 442. The van der Waals surface area contributed by atoms with Crippen molar-refractivity contribution in [2.45, 2.75) is 19.4 Å². The molecule has 2 nitrogen and oxygen atoms in total. The number of hydrogen-bond acceptors (Lipinski definition) is 2. The Labute approximate surface area is 133 Å². The molecule has 0 bridgehead atoms. The van der Waals surface area contributed by atoms with Crippen molar-refractivity contribution in [1.29, 1.82) is 0 Å². The predicted octanol–water partition coefficient (Wildman–Crippen LogP) is 3.44. The fourth-order valence-electron chi connectivity index (χ4n) is 2.52. The molecule has 1 aromatic carbocycles. The molecule has 2 rings (SSSR count). The fraction of sp³-hybridized carbons (Fsp3) is 0.538. The van der Waals surface area contributed by atoms with E-state index in [1.807, 2.05) is 4.90 Å². The van der Waals surface area contributed by atoms with Crippen LogP contribution in [0.3, 0.4) is 0 Å². The number of benzene rings is 1. The van der Waals surface area contributed by atoms with Crippen molar-refractivity contribution in [2.75, 3.05) is 26.2 Å². The van der Waals surface area contributed by atoms with Gasteiger partial charge in [-0.05, 0) is 6.42 Å². The predicted molar refractivity (Wildman–Crippen MR) is 78.2 cm³/mol. The zero-order chi connectivity index (χ0) is 14.0. The molecule has 1 aliphatic heterocycles. The molecular formula is C13H18Cl2F4N2. The molecule has 0 spiro atoms. The standard InChI is InChI=1S/C13H16F4N2.2ClH/c1-2-10(19-5-3-18-4-6-19)11-12(16)8(14)7-9(15)13(11)17;;/h7,10,18H,2-6H2,1H3;2*1H/t10-;;/m0../s1. The summed E-state index contributed by atoms with van der Waals surface area (Å²) < 4.78 is 54.2. The Hall–Kier alpha value is -0.560. The summed E-state index contributed by atoms with van der Waals surface area (Å²) >= 11 is 0. The van der Waals surface area contributed by atoms with Gasteiger partial charge in [0.2, 0.25) is 0 Å². The van der Waals surface area contributed by atoms with Gasteiger partial charge >= 0.3 is 0 Å². The summed E-state index contributed by atoms with van der Waals surface area (Å²) in [7, 11) is 0. The van der Waals surface area contributed by atoms with Crippen molar-refractivity contribution in [3.05, 3.63) is 34.9 Å². The van der Waals surface area contributed by atoms with Crippen molar-refractivity contribution in [2.24, 2.45) is 0 Å². The molecule has 1 aliphatic rings. The largest absolute Gasteiger partial charge is 0.314 e. The maximum Gasteiger partial charge on any atom is 0.166 e. The average molecular weight is 349 g/mol. The van der Waals surface area contributed by atoms with Gasteiger partial charge in [-0.1, -0.05) is 6.92 Å². The summed E-state index contributed by atoms with van der Waals surface area (Å²) in [6.07, 6.45) is 0.386. The van der Waals surface area contributed by atoms with Crippen LogP contribution in [0.1, 0.15) is 24.9 Å². The van der Waals surface area contributed by atoms with Crippen LogP contribution in [0.4, 0.5) is 17.6 Å². The van der Waals surface area contributed by atoms with E-state index < -0.39 is 34.9 Å². The van der Waals surface area contributed by atoms with Crippen molar-refractivity contribution < 1.29 is 17.6 Å². The number of halogens is 6. The summed E-state index contributed by atoms with van der Waals surface area (Å²) in [6, 6.07) is -0.397. The first kappa shape index (κ1) is 20.4. The van der Waals surface area contributed by atoms with Crippen LogP contribution in [0.2, 0.25) is 0 Å². The third-order valence-electron chi connectivity index (χ3n) is 3.46. The van der Waals surface area contributed by atoms with E-state index in [2.05, 4.69) is 5.32 Å². The van der Waals surface area contributed by atoms with Gasteiger partial charge in [0.15, 0.2) is 23.3 Å². The monoisotopic (exact) mass is 348 g/mol. The highest BCUT2D eigenvalue weighted by Gasteiger charge is 2.29. The van der Waals surface area contributed by atoms with Gasteiger partial charge < -0.3 is 5.32 Å². The number of nitrogens with one attached hydrogen (secondary N) is 1. The molecule has 1 aromatic rings. The maximum atomic E-state index is 13.8. The normalized spacial score (nSPS) is 16.8. The molecule has 122 valence electrons. The topological polar surface area (TPSA) is 15.3 Å². The van der Waals surface area contributed by atoms with Crippen molar-refractivity contribution >= 4 is 24.8 Å². The molecule has 1 saturated heterocycles. The van der Waals surface area contributed by atoms with Gasteiger partial charge in [0.1, 0.15) is 0 Å². The van der Waals surface area contributed by atoms with E-state index in [9.17, 15) is 17.6 Å². The second kappa shape index (κ2) is 8.78. The van der Waals surface area contributed by atoms with Gasteiger partial charge in [-0.25, -0.2) is 17.6 Å². The molecule has 0 radical (unpaired) electrons. The molecule has 0 aromatic heterocycles. The number of rotatable bonds is 3. The Morgan fingerprint density at radius 2 is 1.52 bits per heavy atom. The number of hydrogen-bond donors (Lipinski definition) is 1. The van der Waals surface area contributed by atoms with Crippen LogP contribution in [0.15, 0.2) is 6.07 Å². The summed E-state index contributed by atoms with van der Waals surface area (Å²) in [5, 5.41) is 3.12. The average Bonchev–Trinajstić information content (AvgIpc) is 2.42. The van der Waals surface area contributed by atoms with Crippen LogP contribution in [0.25, 0.3) is 0 Å². The van der Waals surface area contributed by atoms with Gasteiger partial charge in [-0.3, -0.25) is 4.90 Å². The van der Waals surface area contributed by atoms with E-state index in [0.717, 1.165) is 0 Å². The molecule has 1 fully saturated rings. The minimum Gasteiger partial charge on any atom is -0.314 e. The lowest BCUT2D eigenvalue weighted by Crippen LogP contribution is -2.45. The minimum atomic E-state index is -1.34. The van der Waals surface area contributed by atoms with Gasteiger partial charge in [0.25, 0.3) is 0 Å². The lowest BCUT2D eigenvalue weighted by Gasteiger charge is -2.35. The van der Waals surface area contributed by atoms with Crippen LogP contribution in [-0.2, 0) is 0 Å². The maximum absolute atomic E-state index is 13.8. The molecule has 0 amide bonds. The SMILES string of the molecule is CC[C@@H](c1c(F)c(F)cc(F)c1F)N1CCNCC1.Cl.Cl. The highest BCUT2D eigenvalue weighted by molar-refractivity contribution is 5.85. The Balaban J connectivity index is 0.00000200. The van der Waals surface area contributed by atoms with E-state index in [1.165, 1.54) is 0 Å². The van der Waals surface area contributed by atoms with Crippen molar-refractivity contribution in [3.8, 4) is 0 Å². The number of piperazine rings is 1. The molecule has 1 heterocycles. The van der Waals surface area contributed by atoms with Crippen LogP contribution < -0.4 is 5.32 Å². The van der Waals surface area contributed by atoms with Gasteiger partial charge in [0.05, 0.1) is 0 Å². The van der Waals surface area contributed by atoms with Crippen LogP contribution in [0, 0.1) is 23.3 Å². The first-order valence-corrected chi connectivity index (χ1v) is 6.34. The second-order valence-corrected chi connectivity index (χ2v) is 4.59. The Kier molecular flexibility index (Phi) is 8.54. The highest BCUT2D eigenvalue weighted by Crippen LogP contribution is 2.31. The second-order valence-electron chi connectivity index (χ2n) is 4.59. The first-order chi connectivity index (χ1) is 9.06. The zero-order valence-corrected chi connectivity index (χ0v) is 13.1. The molecule has 8 heteroatoms. The Morgan fingerprint density at radius 3 is 1.95 bits per heavy atom. The quantitative estimate of drug-likeness (QED) is 0.664.